The van der Waals surface area contributed by atoms with Crippen molar-refractivity contribution in [2.75, 3.05) is 12.0 Å². The van der Waals surface area contributed by atoms with Crippen LogP contribution in [0.4, 0.5) is 18.9 Å². The number of nitrogens with zero attached hydrogens (tertiary/aromatic N) is 2. The number of amides is 1. The summed E-state index contributed by atoms with van der Waals surface area (Å²) in [6, 6.07) is 4.28. The molecule has 0 fully saturated rings. The lowest BCUT2D eigenvalue weighted by Crippen LogP contribution is -2.21. The van der Waals surface area contributed by atoms with Crippen molar-refractivity contribution in [2.24, 2.45) is 10.7 Å². The second kappa shape index (κ2) is 8.66. The summed E-state index contributed by atoms with van der Waals surface area (Å²) in [6.45, 7) is 6.65. The third-order valence-electron chi connectivity index (χ3n) is 3.92. The Morgan fingerprint density at radius 1 is 1.36 bits per heavy atom. The van der Waals surface area contributed by atoms with E-state index < -0.39 is 34.6 Å². The Bertz CT molecular complexity index is 933. The monoisotopic (exact) mass is 392 g/mol. The first-order chi connectivity index (χ1) is 13.2. The highest BCUT2D eigenvalue weighted by Gasteiger charge is 2.27. The molecule has 0 bridgehead atoms. The fourth-order valence-corrected chi connectivity index (χ4v) is 2.54. The van der Waals surface area contributed by atoms with E-state index in [9.17, 15) is 18.0 Å². The van der Waals surface area contributed by atoms with Crippen molar-refractivity contribution in [1.29, 1.82) is 0 Å². The molecule has 0 saturated carbocycles. The van der Waals surface area contributed by atoms with Crippen LogP contribution in [-0.2, 0) is 10.3 Å². The third kappa shape index (κ3) is 4.74. The summed E-state index contributed by atoms with van der Waals surface area (Å²) in [5.74, 6) is -3.14. The fraction of sp³-hybridized carbons (Fsp3) is 0.211. The predicted molar refractivity (Wildman–Crippen MR) is 99.3 cm³/mol. The molecule has 0 radical (unpaired) electrons. The van der Waals surface area contributed by atoms with E-state index in [4.69, 9.17) is 10.5 Å². The summed E-state index contributed by atoms with van der Waals surface area (Å²) in [7, 11) is 0. The molecular formula is C19H19F3N4O2. The molecule has 9 heteroatoms. The Morgan fingerprint density at radius 2 is 2.07 bits per heavy atom. The number of hydrogen-bond donors (Lipinski definition) is 2. The molecule has 0 aliphatic heterocycles. The van der Waals surface area contributed by atoms with Crippen molar-refractivity contribution < 1.29 is 22.7 Å². The van der Waals surface area contributed by atoms with Crippen LogP contribution >= 0.6 is 0 Å². The molecule has 2 rings (SSSR count). The highest BCUT2D eigenvalue weighted by molar-refractivity contribution is 6.03. The Morgan fingerprint density at radius 3 is 2.68 bits per heavy atom. The van der Waals surface area contributed by atoms with Crippen LogP contribution in [-0.4, -0.2) is 24.3 Å². The van der Waals surface area contributed by atoms with Gasteiger partial charge in [-0.25, -0.2) is 18.2 Å². The molecule has 6 nitrogen and oxygen atoms in total. The van der Waals surface area contributed by atoms with Gasteiger partial charge in [0.15, 0.2) is 11.5 Å². The van der Waals surface area contributed by atoms with Crippen LogP contribution < -0.4 is 11.1 Å². The van der Waals surface area contributed by atoms with E-state index in [1.807, 2.05) is 0 Å². The van der Waals surface area contributed by atoms with Crippen molar-refractivity contribution in [3.8, 4) is 0 Å². The Balaban J connectivity index is 2.38. The minimum absolute atomic E-state index is 0.0651. The van der Waals surface area contributed by atoms with E-state index in [2.05, 4.69) is 22.0 Å². The number of nitrogens with two attached hydrogens (primary N) is 1. The summed E-state index contributed by atoms with van der Waals surface area (Å²) in [5.41, 5.74) is 3.76. The molecule has 1 amide bonds. The van der Waals surface area contributed by atoms with Crippen LogP contribution in [0.3, 0.4) is 0 Å². The number of ether oxygens (including phenoxy) is 1. The van der Waals surface area contributed by atoms with Gasteiger partial charge >= 0.3 is 0 Å². The standard InChI is InChI=1S/C19H19F3N4O2/c1-11(28-10-23)8-19(2,24-3)14-7-13(4-5-15(14)21)26-18(27)17-16(22)6-12(20)9-25-17/h4-9H,3,10,23H2,1-2H3,(H,26,27)/b11-8-/t19-/m0/s1. The zero-order valence-electron chi connectivity index (χ0n) is 15.3. The van der Waals surface area contributed by atoms with Crippen molar-refractivity contribution in [3.63, 3.8) is 0 Å². The number of aromatic nitrogens is 1. The molecule has 2 aromatic rings. The SMILES string of the molecule is C=N[C@@](C)(/C=C(/C)OCN)c1cc(NC(=O)c2ncc(F)cc2F)ccc1F. The maximum atomic E-state index is 14.4. The number of allylic oxidation sites excluding steroid dienone is 1. The molecule has 1 atom stereocenters. The number of aliphatic imine (C=N–C) groups is 1. The van der Waals surface area contributed by atoms with Crippen LogP contribution in [0.1, 0.15) is 29.9 Å². The van der Waals surface area contributed by atoms with Gasteiger partial charge < -0.3 is 10.1 Å². The molecule has 148 valence electrons. The summed E-state index contributed by atoms with van der Waals surface area (Å²) in [4.78, 5) is 19.6. The van der Waals surface area contributed by atoms with Crippen LogP contribution in [0.25, 0.3) is 0 Å². The summed E-state index contributed by atoms with van der Waals surface area (Å²) in [5, 5.41) is 2.40. The molecule has 0 saturated heterocycles. The molecule has 0 spiro atoms. The number of nitrogens with one attached hydrogen (secondary N) is 1. The Kier molecular flexibility index (Phi) is 6.53. The molecule has 0 unspecified atom stereocenters. The normalized spacial score (nSPS) is 13.6. The number of benzene rings is 1. The number of pyridine rings is 1. The van der Waals surface area contributed by atoms with Gasteiger partial charge in [0.2, 0.25) is 0 Å². The predicted octanol–water partition coefficient (Wildman–Crippen LogP) is 3.50. The number of carbonyl (C=O) groups excluding carboxylic acids is 1. The molecule has 0 aliphatic rings. The minimum atomic E-state index is -1.22. The second-order valence-corrected chi connectivity index (χ2v) is 6.00. The summed E-state index contributed by atoms with van der Waals surface area (Å²) < 4.78 is 46.3. The lowest BCUT2D eigenvalue weighted by atomic mass is 9.91. The maximum Gasteiger partial charge on any atom is 0.277 e. The van der Waals surface area contributed by atoms with E-state index in [-0.39, 0.29) is 18.0 Å². The average Bonchev–Trinajstić information content (AvgIpc) is 2.63. The zero-order chi connectivity index (χ0) is 20.9. The van der Waals surface area contributed by atoms with Gasteiger partial charge in [0, 0.05) is 17.3 Å². The van der Waals surface area contributed by atoms with Gasteiger partial charge in [-0.2, -0.15) is 0 Å². The molecule has 0 aliphatic carbocycles. The van der Waals surface area contributed by atoms with E-state index in [0.717, 1.165) is 12.3 Å². The van der Waals surface area contributed by atoms with Crippen LogP contribution in [0.15, 0.2) is 47.3 Å². The number of rotatable bonds is 7. The van der Waals surface area contributed by atoms with Gasteiger partial charge in [-0.3, -0.25) is 15.5 Å². The molecule has 28 heavy (non-hydrogen) atoms. The lowest BCUT2D eigenvalue weighted by Gasteiger charge is -2.24. The lowest BCUT2D eigenvalue weighted by molar-refractivity contribution is 0.101. The van der Waals surface area contributed by atoms with Gasteiger partial charge in [0.05, 0.1) is 12.0 Å². The molecule has 3 N–H and O–H groups in total. The van der Waals surface area contributed by atoms with Crippen LogP contribution in [0.2, 0.25) is 0 Å². The van der Waals surface area contributed by atoms with Crippen molar-refractivity contribution in [2.45, 2.75) is 19.4 Å². The third-order valence-corrected chi connectivity index (χ3v) is 3.92. The first-order valence-corrected chi connectivity index (χ1v) is 8.13. The van der Waals surface area contributed by atoms with E-state index >= 15 is 0 Å². The van der Waals surface area contributed by atoms with E-state index in [0.29, 0.717) is 11.8 Å². The number of halogens is 3. The highest BCUT2D eigenvalue weighted by Crippen LogP contribution is 2.32. The summed E-state index contributed by atoms with van der Waals surface area (Å²) >= 11 is 0. The fourth-order valence-electron chi connectivity index (χ4n) is 2.54. The maximum absolute atomic E-state index is 14.4. The number of carbonyl (C=O) groups is 1. The minimum Gasteiger partial charge on any atom is -0.483 e. The van der Waals surface area contributed by atoms with Crippen molar-refractivity contribution in [1.82, 2.24) is 4.98 Å². The topological polar surface area (TPSA) is 89.6 Å². The quantitative estimate of drug-likeness (QED) is 0.429. The van der Waals surface area contributed by atoms with Gasteiger partial charge in [-0.05, 0) is 44.8 Å². The average molecular weight is 392 g/mol. The molecular weight excluding hydrogens is 373 g/mol. The molecule has 1 heterocycles. The Hall–Kier alpha value is -3.20. The first kappa shape index (κ1) is 21.1. The second-order valence-electron chi connectivity index (χ2n) is 6.00. The highest BCUT2D eigenvalue weighted by atomic mass is 19.1. The van der Waals surface area contributed by atoms with Gasteiger partial charge in [0.25, 0.3) is 5.91 Å². The largest absolute Gasteiger partial charge is 0.483 e. The van der Waals surface area contributed by atoms with E-state index in [1.54, 1.807) is 13.8 Å². The van der Waals surface area contributed by atoms with Crippen molar-refractivity contribution in [3.05, 3.63) is 71.0 Å². The van der Waals surface area contributed by atoms with Gasteiger partial charge in [0.1, 0.15) is 23.9 Å². The first-order valence-electron chi connectivity index (χ1n) is 8.13. The number of hydrogen-bond acceptors (Lipinski definition) is 5. The smallest absolute Gasteiger partial charge is 0.277 e. The molecule has 1 aromatic heterocycles. The number of anilines is 1. The van der Waals surface area contributed by atoms with Crippen LogP contribution in [0.5, 0.6) is 0 Å². The van der Waals surface area contributed by atoms with E-state index in [1.165, 1.54) is 18.2 Å². The van der Waals surface area contributed by atoms with Crippen LogP contribution in [0, 0.1) is 17.5 Å². The summed E-state index contributed by atoms with van der Waals surface area (Å²) in [6.07, 6.45) is 2.25. The van der Waals surface area contributed by atoms with Crippen molar-refractivity contribution >= 4 is 18.3 Å². The van der Waals surface area contributed by atoms with Gasteiger partial charge in [-0.1, -0.05) is 0 Å². The zero-order valence-corrected chi connectivity index (χ0v) is 15.3. The van der Waals surface area contributed by atoms with Gasteiger partial charge in [-0.15, -0.1) is 0 Å². The molecule has 1 aromatic carbocycles. The Labute approximate surface area is 159 Å².